The summed E-state index contributed by atoms with van der Waals surface area (Å²) in [7, 11) is 3.19. The highest BCUT2D eigenvalue weighted by Crippen LogP contribution is 2.31. The lowest BCUT2D eigenvalue weighted by Gasteiger charge is -2.32. The fourth-order valence-electron chi connectivity index (χ4n) is 2.94. The standard InChI is InChI=1S/C20H27FN2O3/c1-13-12-23(19(25)26-20(2,3)4)11-10-14(13)15-8-7-9-16(17(15)21)18(24)22(5)6/h7-9H,10-12H2,1-6H3. The predicted octanol–water partition coefficient (Wildman–Crippen LogP) is 3.94. The Bertz CT molecular complexity index is 748. The highest BCUT2D eigenvalue weighted by atomic mass is 19.1. The normalized spacial score (nSPS) is 15.1. The number of halogens is 1. The van der Waals surface area contributed by atoms with Crippen LogP contribution in [0.15, 0.2) is 23.8 Å². The van der Waals surface area contributed by atoms with Gasteiger partial charge in [0.05, 0.1) is 5.56 Å². The minimum absolute atomic E-state index is 0.0578. The van der Waals surface area contributed by atoms with Gasteiger partial charge >= 0.3 is 6.09 Å². The molecule has 0 unspecified atom stereocenters. The Balaban J connectivity index is 2.28. The van der Waals surface area contributed by atoms with Crippen molar-refractivity contribution >= 4 is 17.6 Å². The van der Waals surface area contributed by atoms with Gasteiger partial charge < -0.3 is 14.5 Å². The van der Waals surface area contributed by atoms with Crippen LogP contribution < -0.4 is 0 Å². The van der Waals surface area contributed by atoms with Gasteiger partial charge in [-0.2, -0.15) is 0 Å². The lowest BCUT2D eigenvalue weighted by atomic mass is 9.92. The Morgan fingerprint density at radius 1 is 1.23 bits per heavy atom. The summed E-state index contributed by atoms with van der Waals surface area (Å²) in [5.41, 5.74) is 1.68. The Kier molecular flexibility index (Phi) is 5.74. The molecule has 142 valence electrons. The van der Waals surface area contributed by atoms with Crippen molar-refractivity contribution in [3.8, 4) is 0 Å². The summed E-state index contributed by atoms with van der Waals surface area (Å²) in [6, 6.07) is 4.87. The van der Waals surface area contributed by atoms with Crippen LogP contribution in [0.5, 0.6) is 0 Å². The first kappa shape index (κ1) is 19.9. The second-order valence-corrected chi connectivity index (χ2v) is 7.78. The molecule has 1 aromatic carbocycles. The quantitative estimate of drug-likeness (QED) is 0.801. The van der Waals surface area contributed by atoms with Crippen molar-refractivity contribution < 1.29 is 18.7 Å². The molecule has 0 atom stereocenters. The van der Waals surface area contributed by atoms with Crippen LogP contribution in [0.4, 0.5) is 9.18 Å². The second kappa shape index (κ2) is 7.48. The summed E-state index contributed by atoms with van der Waals surface area (Å²) < 4.78 is 20.3. The van der Waals surface area contributed by atoms with E-state index in [4.69, 9.17) is 4.74 Å². The Labute approximate surface area is 154 Å². The van der Waals surface area contributed by atoms with Crippen molar-refractivity contribution in [2.75, 3.05) is 27.2 Å². The summed E-state index contributed by atoms with van der Waals surface area (Å²) in [6.45, 7) is 8.19. The topological polar surface area (TPSA) is 49.9 Å². The maximum absolute atomic E-state index is 14.9. The maximum atomic E-state index is 14.9. The van der Waals surface area contributed by atoms with Gasteiger partial charge in [-0.1, -0.05) is 12.1 Å². The number of amides is 2. The first-order chi connectivity index (χ1) is 12.0. The summed E-state index contributed by atoms with van der Waals surface area (Å²) in [5, 5.41) is 0. The van der Waals surface area contributed by atoms with E-state index in [0.717, 1.165) is 11.1 Å². The molecule has 6 heteroatoms. The van der Waals surface area contributed by atoms with Crippen molar-refractivity contribution in [3.05, 3.63) is 40.7 Å². The molecule has 0 fully saturated rings. The van der Waals surface area contributed by atoms with E-state index in [0.29, 0.717) is 25.1 Å². The van der Waals surface area contributed by atoms with E-state index in [1.165, 1.54) is 11.0 Å². The van der Waals surface area contributed by atoms with E-state index in [-0.39, 0.29) is 17.6 Å². The van der Waals surface area contributed by atoms with E-state index in [1.807, 2.05) is 27.7 Å². The predicted molar refractivity (Wildman–Crippen MR) is 99.4 cm³/mol. The Morgan fingerprint density at radius 2 is 1.88 bits per heavy atom. The molecule has 0 saturated carbocycles. The minimum Gasteiger partial charge on any atom is -0.444 e. The number of rotatable bonds is 2. The summed E-state index contributed by atoms with van der Waals surface area (Å²) >= 11 is 0. The van der Waals surface area contributed by atoms with Crippen LogP contribution in [-0.4, -0.2) is 54.6 Å². The van der Waals surface area contributed by atoms with E-state index < -0.39 is 11.4 Å². The summed E-state index contributed by atoms with van der Waals surface area (Å²) in [5.74, 6) is -0.875. The van der Waals surface area contributed by atoms with Crippen molar-refractivity contribution in [1.29, 1.82) is 0 Å². The first-order valence-electron chi connectivity index (χ1n) is 8.68. The van der Waals surface area contributed by atoms with Gasteiger partial charge in [0.15, 0.2) is 0 Å². The van der Waals surface area contributed by atoms with Gasteiger partial charge in [-0.05, 0) is 51.3 Å². The molecule has 1 heterocycles. The molecule has 0 spiro atoms. The van der Waals surface area contributed by atoms with Gasteiger partial charge in [-0.25, -0.2) is 9.18 Å². The molecule has 2 amide bonds. The van der Waals surface area contributed by atoms with Crippen LogP contribution in [0.2, 0.25) is 0 Å². The lowest BCUT2D eigenvalue weighted by molar-refractivity contribution is 0.0264. The smallest absolute Gasteiger partial charge is 0.410 e. The molecule has 1 aliphatic heterocycles. The van der Waals surface area contributed by atoms with E-state index in [1.54, 1.807) is 31.1 Å². The van der Waals surface area contributed by atoms with Crippen LogP contribution in [0.1, 0.15) is 50.0 Å². The Hall–Kier alpha value is -2.37. The molecule has 0 bridgehead atoms. The SMILES string of the molecule is CC1=C(c2cccc(C(=O)N(C)C)c2F)CCN(C(=O)OC(C)(C)C)C1. The lowest BCUT2D eigenvalue weighted by Crippen LogP contribution is -2.40. The van der Waals surface area contributed by atoms with Gasteiger partial charge in [-0.3, -0.25) is 4.79 Å². The van der Waals surface area contributed by atoms with Crippen LogP contribution in [0.25, 0.3) is 5.57 Å². The molecule has 26 heavy (non-hydrogen) atoms. The summed E-state index contributed by atoms with van der Waals surface area (Å²) in [6.07, 6.45) is 0.148. The molecular weight excluding hydrogens is 335 g/mol. The maximum Gasteiger partial charge on any atom is 0.410 e. The molecule has 0 radical (unpaired) electrons. The highest BCUT2D eigenvalue weighted by molar-refractivity contribution is 5.95. The van der Waals surface area contributed by atoms with Crippen molar-refractivity contribution in [2.45, 2.75) is 39.7 Å². The fourth-order valence-corrected chi connectivity index (χ4v) is 2.94. The molecule has 1 aliphatic rings. The van der Waals surface area contributed by atoms with Crippen molar-refractivity contribution in [3.63, 3.8) is 0 Å². The average molecular weight is 362 g/mol. The zero-order valence-electron chi connectivity index (χ0n) is 16.4. The van der Waals surface area contributed by atoms with Gasteiger partial charge in [0.1, 0.15) is 11.4 Å². The first-order valence-corrected chi connectivity index (χ1v) is 8.68. The van der Waals surface area contributed by atoms with Crippen LogP contribution >= 0.6 is 0 Å². The molecule has 0 aromatic heterocycles. The number of benzene rings is 1. The number of hydrogen-bond donors (Lipinski definition) is 0. The number of ether oxygens (including phenoxy) is 1. The zero-order valence-corrected chi connectivity index (χ0v) is 16.4. The molecular formula is C20H27FN2O3. The molecule has 2 rings (SSSR count). The minimum atomic E-state index is -0.554. The van der Waals surface area contributed by atoms with E-state index >= 15 is 0 Å². The summed E-state index contributed by atoms with van der Waals surface area (Å²) in [4.78, 5) is 27.4. The molecule has 5 nitrogen and oxygen atoms in total. The molecule has 0 saturated heterocycles. The number of carbonyl (C=O) groups is 2. The molecule has 0 N–H and O–H groups in total. The average Bonchev–Trinajstić information content (AvgIpc) is 2.53. The molecule has 1 aromatic rings. The van der Waals surface area contributed by atoms with Crippen LogP contribution in [0, 0.1) is 5.82 Å². The highest BCUT2D eigenvalue weighted by Gasteiger charge is 2.27. The number of nitrogens with zero attached hydrogens (tertiary/aromatic N) is 2. The van der Waals surface area contributed by atoms with Gasteiger partial charge in [-0.15, -0.1) is 0 Å². The van der Waals surface area contributed by atoms with Gasteiger partial charge in [0.25, 0.3) is 5.91 Å². The Morgan fingerprint density at radius 3 is 2.42 bits per heavy atom. The largest absolute Gasteiger partial charge is 0.444 e. The van der Waals surface area contributed by atoms with Crippen LogP contribution in [0.3, 0.4) is 0 Å². The fraction of sp³-hybridized carbons (Fsp3) is 0.500. The van der Waals surface area contributed by atoms with Crippen molar-refractivity contribution in [1.82, 2.24) is 9.80 Å². The third-order valence-corrected chi connectivity index (χ3v) is 4.19. The number of carbonyl (C=O) groups excluding carboxylic acids is 2. The monoisotopic (exact) mass is 362 g/mol. The van der Waals surface area contributed by atoms with Gasteiger partial charge in [0.2, 0.25) is 0 Å². The second-order valence-electron chi connectivity index (χ2n) is 7.78. The van der Waals surface area contributed by atoms with E-state index in [2.05, 4.69) is 0 Å². The van der Waals surface area contributed by atoms with Gasteiger partial charge in [0, 0.05) is 32.7 Å². The van der Waals surface area contributed by atoms with Crippen molar-refractivity contribution in [2.24, 2.45) is 0 Å². The number of hydrogen-bond acceptors (Lipinski definition) is 3. The van der Waals surface area contributed by atoms with Crippen LogP contribution in [-0.2, 0) is 4.74 Å². The zero-order chi connectivity index (χ0) is 19.6. The van der Waals surface area contributed by atoms with E-state index in [9.17, 15) is 14.0 Å². The third-order valence-electron chi connectivity index (χ3n) is 4.19. The molecule has 0 aliphatic carbocycles. The third kappa shape index (κ3) is 4.42.